The van der Waals surface area contributed by atoms with Crippen molar-refractivity contribution in [1.29, 1.82) is 0 Å². The minimum absolute atomic E-state index is 0.267. The molecule has 1 unspecified atom stereocenters. The number of carbonyl (C=O) groups excluding carboxylic acids is 1. The maximum absolute atomic E-state index is 11.8. The van der Waals surface area contributed by atoms with Crippen molar-refractivity contribution >= 4 is 5.91 Å². The van der Waals surface area contributed by atoms with Crippen molar-refractivity contribution < 1.29 is 9.53 Å². The van der Waals surface area contributed by atoms with E-state index >= 15 is 0 Å². The maximum Gasteiger partial charge on any atom is 0.222 e. The third-order valence-electron chi connectivity index (χ3n) is 2.71. The van der Waals surface area contributed by atoms with Gasteiger partial charge in [0.1, 0.15) is 0 Å². The molecule has 1 fully saturated rings. The predicted molar refractivity (Wildman–Crippen MR) is 59.8 cm³/mol. The molecular formula is C11H22N2O2. The molecule has 15 heavy (non-hydrogen) atoms. The summed E-state index contributed by atoms with van der Waals surface area (Å²) in [4.78, 5) is 13.8. The standard InChI is InChI=1S/C11H22N2O2/c1-3-15-8-4-5-11(14)13-7-6-12-9-10(13)2/h10,12H,3-9H2,1-2H3. The number of hydrogen-bond acceptors (Lipinski definition) is 3. The molecule has 0 radical (unpaired) electrons. The van der Waals surface area contributed by atoms with Crippen LogP contribution in [-0.2, 0) is 9.53 Å². The summed E-state index contributed by atoms with van der Waals surface area (Å²) in [6.45, 7) is 8.17. The molecule has 0 saturated carbocycles. The smallest absolute Gasteiger partial charge is 0.222 e. The number of nitrogens with zero attached hydrogens (tertiary/aromatic N) is 1. The van der Waals surface area contributed by atoms with Crippen LogP contribution < -0.4 is 5.32 Å². The molecule has 4 nitrogen and oxygen atoms in total. The highest BCUT2D eigenvalue weighted by molar-refractivity contribution is 5.76. The van der Waals surface area contributed by atoms with Gasteiger partial charge in [0.15, 0.2) is 0 Å². The zero-order chi connectivity index (χ0) is 11.1. The van der Waals surface area contributed by atoms with E-state index in [2.05, 4.69) is 12.2 Å². The van der Waals surface area contributed by atoms with Crippen LogP contribution in [0, 0.1) is 0 Å². The average Bonchev–Trinajstić information content (AvgIpc) is 2.25. The van der Waals surface area contributed by atoms with Crippen LogP contribution in [0.15, 0.2) is 0 Å². The normalized spacial score (nSPS) is 21.7. The van der Waals surface area contributed by atoms with Crippen LogP contribution in [0.5, 0.6) is 0 Å². The first-order chi connectivity index (χ1) is 7.25. The quantitative estimate of drug-likeness (QED) is 0.682. The van der Waals surface area contributed by atoms with Crippen LogP contribution in [0.3, 0.4) is 0 Å². The fourth-order valence-electron chi connectivity index (χ4n) is 1.82. The van der Waals surface area contributed by atoms with Gasteiger partial charge in [0.25, 0.3) is 0 Å². The topological polar surface area (TPSA) is 41.6 Å². The second-order valence-electron chi connectivity index (χ2n) is 3.94. The van der Waals surface area contributed by atoms with Gasteiger partial charge >= 0.3 is 0 Å². The summed E-state index contributed by atoms with van der Waals surface area (Å²) in [5.74, 6) is 0.267. The Morgan fingerprint density at radius 2 is 2.40 bits per heavy atom. The third-order valence-corrected chi connectivity index (χ3v) is 2.71. The van der Waals surface area contributed by atoms with E-state index in [1.807, 2.05) is 11.8 Å². The first kappa shape index (κ1) is 12.5. The number of piperazine rings is 1. The van der Waals surface area contributed by atoms with Crippen LogP contribution >= 0.6 is 0 Å². The number of ether oxygens (including phenoxy) is 1. The molecule has 1 atom stereocenters. The first-order valence-electron chi connectivity index (χ1n) is 5.83. The molecule has 0 aromatic heterocycles. The highest BCUT2D eigenvalue weighted by atomic mass is 16.5. The lowest BCUT2D eigenvalue weighted by atomic mass is 10.2. The molecule has 4 heteroatoms. The van der Waals surface area contributed by atoms with Gasteiger partial charge in [-0.05, 0) is 20.3 Å². The summed E-state index contributed by atoms with van der Waals surface area (Å²) in [6.07, 6.45) is 1.45. The highest BCUT2D eigenvalue weighted by Crippen LogP contribution is 2.06. The summed E-state index contributed by atoms with van der Waals surface area (Å²) in [5.41, 5.74) is 0. The minimum Gasteiger partial charge on any atom is -0.382 e. The largest absolute Gasteiger partial charge is 0.382 e. The van der Waals surface area contributed by atoms with E-state index in [1.165, 1.54) is 0 Å². The van der Waals surface area contributed by atoms with Crippen molar-refractivity contribution in [2.75, 3.05) is 32.8 Å². The summed E-state index contributed by atoms with van der Waals surface area (Å²) >= 11 is 0. The molecule has 1 N–H and O–H groups in total. The Kier molecular flexibility index (Phi) is 5.65. The average molecular weight is 214 g/mol. The third kappa shape index (κ3) is 4.18. The molecule has 0 aliphatic carbocycles. The van der Waals surface area contributed by atoms with E-state index < -0.39 is 0 Å². The monoisotopic (exact) mass is 214 g/mol. The molecule has 1 aliphatic rings. The lowest BCUT2D eigenvalue weighted by Gasteiger charge is -2.34. The van der Waals surface area contributed by atoms with E-state index in [1.54, 1.807) is 0 Å². The molecule has 0 bridgehead atoms. The van der Waals surface area contributed by atoms with Crippen LogP contribution in [0.25, 0.3) is 0 Å². The Hall–Kier alpha value is -0.610. The summed E-state index contributed by atoms with van der Waals surface area (Å²) in [6, 6.07) is 0.332. The minimum atomic E-state index is 0.267. The molecule has 1 rings (SSSR count). The zero-order valence-corrected chi connectivity index (χ0v) is 9.79. The summed E-state index contributed by atoms with van der Waals surface area (Å²) in [5, 5.41) is 3.28. The fourth-order valence-corrected chi connectivity index (χ4v) is 1.82. The molecular weight excluding hydrogens is 192 g/mol. The van der Waals surface area contributed by atoms with E-state index in [0.717, 1.165) is 32.7 Å². The second-order valence-corrected chi connectivity index (χ2v) is 3.94. The van der Waals surface area contributed by atoms with E-state index in [9.17, 15) is 4.79 Å². The van der Waals surface area contributed by atoms with Crippen molar-refractivity contribution in [3.8, 4) is 0 Å². The lowest BCUT2D eigenvalue weighted by Crippen LogP contribution is -2.52. The predicted octanol–water partition coefficient (Wildman–Crippen LogP) is 0.623. The Morgan fingerprint density at radius 1 is 1.60 bits per heavy atom. The van der Waals surface area contributed by atoms with Crippen LogP contribution in [0.1, 0.15) is 26.7 Å². The van der Waals surface area contributed by atoms with Crippen LogP contribution in [0.4, 0.5) is 0 Å². The Labute approximate surface area is 92.0 Å². The Morgan fingerprint density at radius 3 is 3.07 bits per heavy atom. The van der Waals surface area contributed by atoms with Crippen molar-refractivity contribution in [1.82, 2.24) is 10.2 Å². The Bertz CT molecular complexity index is 197. The highest BCUT2D eigenvalue weighted by Gasteiger charge is 2.21. The molecule has 0 spiro atoms. The van der Waals surface area contributed by atoms with Gasteiger partial charge in [0.2, 0.25) is 5.91 Å². The fraction of sp³-hybridized carbons (Fsp3) is 0.909. The molecule has 0 aromatic rings. The first-order valence-corrected chi connectivity index (χ1v) is 5.83. The molecule has 88 valence electrons. The van der Waals surface area contributed by atoms with Crippen molar-refractivity contribution in [3.63, 3.8) is 0 Å². The molecule has 1 saturated heterocycles. The van der Waals surface area contributed by atoms with Crippen LogP contribution in [0.2, 0.25) is 0 Å². The Balaban J connectivity index is 2.20. The summed E-state index contributed by atoms with van der Waals surface area (Å²) < 4.78 is 5.21. The van der Waals surface area contributed by atoms with Gasteiger partial charge in [-0.3, -0.25) is 4.79 Å². The molecule has 1 amide bonds. The van der Waals surface area contributed by atoms with Crippen LogP contribution in [-0.4, -0.2) is 49.7 Å². The lowest BCUT2D eigenvalue weighted by molar-refractivity contribution is -0.134. The molecule has 1 heterocycles. The number of nitrogens with one attached hydrogen (secondary N) is 1. The van der Waals surface area contributed by atoms with E-state index in [0.29, 0.717) is 19.1 Å². The van der Waals surface area contributed by atoms with Gasteiger partial charge in [0, 0.05) is 45.3 Å². The summed E-state index contributed by atoms with van der Waals surface area (Å²) in [7, 11) is 0. The number of amides is 1. The van der Waals surface area contributed by atoms with Gasteiger partial charge in [-0.25, -0.2) is 0 Å². The SMILES string of the molecule is CCOCCCC(=O)N1CCNCC1C. The van der Waals surface area contributed by atoms with Gasteiger partial charge in [0.05, 0.1) is 0 Å². The van der Waals surface area contributed by atoms with Gasteiger partial charge in [-0.1, -0.05) is 0 Å². The number of carbonyl (C=O) groups is 1. The van der Waals surface area contributed by atoms with Gasteiger partial charge in [-0.15, -0.1) is 0 Å². The van der Waals surface area contributed by atoms with Gasteiger partial charge < -0.3 is 15.0 Å². The molecule has 1 aliphatic heterocycles. The van der Waals surface area contributed by atoms with Crippen molar-refractivity contribution in [2.24, 2.45) is 0 Å². The number of hydrogen-bond donors (Lipinski definition) is 1. The van der Waals surface area contributed by atoms with Crippen molar-refractivity contribution in [3.05, 3.63) is 0 Å². The van der Waals surface area contributed by atoms with Crippen molar-refractivity contribution in [2.45, 2.75) is 32.7 Å². The zero-order valence-electron chi connectivity index (χ0n) is 9.79. The maximum atomic E-state index is 11.8. The number of rotatable bonds is 5. The van der Waals surface area contributed by atoms with E-state index in [-0.39, 0.29) is 5.91 Å². The van der Waals surface area contributed by atoms with Gasteiger partial charge in [-0.2, -0.15) is 0 Å². The van der Waals surface area contributed by atoms with E-state index in [4.69, 9.17) is 4.74 Å². The molecule has 0 aromatic carbocycles. The second kappa shape index (κ2) is 6.80.